The summed E-state index contributed by atoms with van der Waals surface area (Å²) in [5.41, 5.74) is 3.10. The van der Waals surface area contributed by atoms with Crippen LogP contribution < -0.4 is 0 Å². The molecule has 3 rings (SSSR count). The van der Waals surface area contributed by atoms with Crippen molar-refractivity contribution in [3.8, 4) is 17.2 Å². The van der Waals surface area contributed by atoms with E-state index < -0.39 is 0 Å². The van der Waals surface area contributed by atoms with Crippen molar-refractivity contribution in [2.75, 3.05) is 0 Å². The molecular weight excluding hydrogens is 286 g/mol. The maximum absolute atomic E-state index is 9.01. The van der Waals surface area contributed by atoms with E-state index in [1.807, 2.05) is 48.5 Å². The molecule has 0 aliphatic carbocycles. The summed E-state index contributed by atoms with van der Waals surface area (Å²) < 4.78 is 12.1. The number of nitrogens with zero attached hydrogens (tertiary/aromatic N) is 1. The van der Waals surface area contributed by atoms with Gasteiger partial charge in [-0.1, -0.05) is 36.4 Å². The van der Waals surface area contributed by atoms with Gasteiger partial charge in [0.05, 0.1) is 22.8 Å². The summed E-state index contributed by atoms with van der Waals surface area (Å²) in [5, 5.41) is 9.01. The first-order chi connectivity index (χ1) is 10.8. The van der Waals surface area contributed by atoms with Crippen molar-refractivity contribution in [2.24, 2.45) is 0 Å². The first kappa shape index (κ1) is 15.7. The minimum absolute atomic E-state index is 0.336. The molecule has 23 heavy (non-hydrogen) atoms. The lowest BCUT2D eigenvalue weighted by atomic mass is 9.90. The van der Waals surface area contributed by atoms with Crippen LogP contribution in [0.25, 0.3) is 11.1 Å². The van der Waals surface area contributed by atoms with Crippen molar-refractivity contribution in [3.63, 3.8) is 0 Å². The van der Waals surface area contributed by atoms with Gasteiger partial charge in [-0.25, -0.2) is 0 Å². The molecule has 0 bridgehead atoms. The summed E-state index contributed by atoms with van der Waals surface area (Å²) in [5.74, 6) is 0. The average molecular weight is 307 g/mol. The molecule has 2 aromatic carbocycles. The first-order valence-electron chi connectivity index (χ1n) is 7.78. The van der Waals surface area contributed by atoms with E-state index in [1.54, 1.807) is 0 Å². The van der Waals surface area contributed by atoms with Crippen LogP contribution in [0.1, 0.15) is 45.1 Å². The van der Waals surface area contributed by atoms with Crippen molar-refractivity contribution in [2.45, 2.75) is 45.2 Å². The van der Waals surface area contributed by atoms with Crippen LogP contribution in [0.5, 0.6) is 0 Å². The van der Waals surface area contributed by atoms with Gasteiger partial charge in [0.2, 0.25) is 0 Å². The highest BCUT2D eigenvalue weighted by atomic mass is 16.7. The highest BCUT2D eigenvalue weighted by molar-refractivity contribution is 5.65. The van der Waals surface area contributed by atoms with Gasteiger partial charge in [-0.15, -0.1) is 0 Å². The fourth-order valence-electron chi connectivity index (χ4n) is 2.58. The number of ether oxygens (including phenoxy) is 2. The molecule has 3 heteroatoms. The first-order valence-corrected chi connectivity index (χ1v) is 7.78. The Balaban J connectivity index is 1.85. The van der Waals surface area contributed by atoms with Crippen molar-refractivity contribution in [1.82, 2.24) is 0 Å². The molecule has 0 aromatic heterocycles. The zero-order valence-electron chi connectivity index (χ0n) is 14.0. The van der Waals surface area contributed by atoms with Gasteiger partial charge in [0.25, 0.3) is 0 Å². The Labute approximate surface area is 137 Å². The minimum Gasteiger partial charge on any atom is -0.339 e. The standard InChI is InChI=1S/C20H21NO2/c1-19(2)20(3,4)23-18(22-19)16-10-8-15(9-11-16)17-7-5-6-14(12-17)13-21/h5-12,18H,1-4H3. The number of hydrogen-bond acceptors (Lipinski definition) is 3. The van der Waals surface area contributed by atoms with Crippen LogP contribution in [0.4, 0.5) is 0 Å². The molecule has 0 spiro atoms. The highest BCUT2D eigenvalue weighted by Crippen LogP contribution is 2.44. The van der Waals surface area contributed by atoms with Gasteiger partial charge in [-0.05, 0) is 51.0 Å². The summed E-state index contributed by atoms with van der Waals surface area (Å²) in [6.07, 6.45) is -0.348. The molecule has 3 nitrogen and oxygen atoms in total. The Morgan fingerprint density at radius 1 is 0.870 bits per heavy atom. The fraction of sp³-hybridized carbons (Fsp3) is 0.350. The van der Waals surface area contributed by atoms with Gasteiger partial charge in [-0.2, -0.15) is 5.26 Å². The summed E-state index contributed by atoms with van der Waals surface area (Å²) in [6.45, 7) is 8.20. The van der Waals surface area contributed by atoms with E-state index in [0.717, 1.165) is 16.7 Å². The van der Waals surface area contributed by atoms with Crippen LogP contribution >= 0.6 is 0 Å². The molecule has 1 aliphatic rings. The Morgan fingerprint density at radius 3 is 2.04 bits per heavy atom. The molecule has 0 saturated carbocycles. The quantitative estimate of drug-likeness (QED) is 0.798. The lowest BCUT2D eigenvalue weighted by Crippen LogP contribution is -2.41. The molecular formula is C20H21NO2. The second-order valence-corrected chi connectivity index (χ2v) is 6.90. The second kappa shape index (κ2) is 5.49. The van der Waals surface area contributed by atoms with E-state index in [2.05, 4.69) is 33.8 Å². The summed E-state index contributed by atoms with van der Waals surface area (Å²) >= 11 is 0. The van der Waals surface area contributed by atoms with Crippen LogP contribution in [-0.4, -0.2) is 11.2 Å². The lowest BCUT2D eigenvalue weighted by molar-refractivity contribution is -0.0895. The molecule has 0 N–H and O–H groups in total. The Kier molecular flexibility index (Phi) is 3.75. The number of rotatable bonds is 2. The molecule has 0 atom stereocenters. The molecule has 1 saturated heterocycles. The van der Waals surface area contributed by atoms with E-state index in [1.165, 1.54) is 0 Å². The second-order valence-electron chi connectivity index (χ2n) is 6.90. The van der Waals surface area contributed by atoms with Crippen LogP contribution in [0, 0.1) is 11.3 Å². The van der Waals surface area contributed by atoms with Crippen LogP contribution in [0.2, 0.25) is 0 Å². The van der Waals surface area contributed by atoms with Crippen molar-refractivity contribution in [3.05, 3.63) is 59.7 Å². The fourth-order valence-corrected chi connectivity index (χ4v) is 2.58. The Bertz CT molecular complexity index is 738. The number of hydrogen-bond donors (Lipinski definition) is 0. The van der Waals surface area contributed by atoms with Crippen molar-refractivity contribution < 1.29 is 9.47 Å². The zero-order valence-corrected chi connectivity index (χ0v) is 14.0. The molecule has 118 valence electrons. The molecule has 1 heterocycles. The normalized spacial score (nSPS) is 19.4. The maximum atomic E-state index is 9.01. The van der Waals surface area contributed by atoms with Gasteiger partial charge in [0, 0.05) is 5.56 Å². The summed E-state index contributed by atoms with van der Waals surface area (Å²) in [6, 6.07) is 17.9. The topological polar surface area (TPSA) is 42.2 Å². The third-order valence-corrected chi connectivity index (χ3v) is 4.76. The molecule has 2 aromatic rings. The molecule has 0 radical (unpaired) electrons. The lowest BCUT2D eigenvalue weighted by Gasteiger charge is -2.30. The van der Waals surface area contributed by atoms with Crippen molar-refractivity contribution >= 4 is 0 Å². The Hall–Kier alpha value is -2.15. The SMILES string of the molecule is CC1(C)OC(c2ccc(-c3cccc(C#N)c3)cc2)OC1(C)C. The zero-order chi connectivity index (χ0) is 16.7. The van der Waals surface area contributed by atoms with Crippen LogP contribution in [-0.2, 0) is 9.47 Å². The predicted molar refractivity (Wildman–Crippen MR) is 89.7 cm³/mol. The van der Waals surface area contributed by atoms with Crippen LogP contribution in [0.3, 0.4) is 0 Å². The van der Waals surface area contributed by atoms with E-state index in [0.29, 0.717) is 5.56 Å². The van der Waals surface area contributed by atoms with E-state index >= 15 is 0 Å². The minimum atomic E-state index is -0.348. The average Bonchev–Trinajstić information content (AvgIpc) is 2.76. The van der Waals surface area contributed by atoms with E-state index in [4.69, 9.17) is 14.7 Å². The molecule has 0 amide bonds. The Morgan fingerprint density at radius 2 is 1.48 bits per heavy atom. The maximum Gasteiger partial charge on any atom is 0.185 e. The van der Waals surface area contributed by atoms with E-state index in [-0.39, 0.29) is 17.5 Å². The van der Waals surface area contributed by atoms with Gasteiger partial charge in [-0.3, -0.25) is 0 Å². The number of nitriles is 1. The molecule has 1 fully saturated rings. The summed E-state index contributed by atoms with van der Waals surface area (Å²) in [7, 11) is 0. The third-order valence-electron chi connectivity index (χ3n) is 4.76. The van der Waals surface area contributed by atoms with E-state index in [9.17, 15) is 0 Å². The van der Waals surface area contributed by atoms with Gasteiger partial charge >= 0.3 is 0 Å². The monoisotopic (exact) mass is 307 g/mol. The van der Waals surface area contributed by atoms with Gasteiger partial charge in [0.1, 0.15) is 0 Å². The predicted octanol–water partition coefficient (Wildman–Crippen LogP) is 4.83. The smallest absolute Gasteiger partial charge is 0.185 e. The third kappa shape index (κ3) is 2.88. The largest absolute Gasteiger partial charge is 0.339 e. The highest BCUT2D eigenvalue weighted by Gasteiger charge is 2.49. The van der Waals surface area contributed by atoms with Crippen LogP contribution in [0.15, 0.2) is 48.5 Å². The number of benzene rings is 2. The van der Waals surface area contributed by atoms with Crippen molar-refractivity contribution in [1.29, 1.82) is 5.26 Å². The van der Waals surface area contributed by atoms with Gasteiger partial charge in [0.15, 0.2) is 6.29 Å². The molecule has 1 aliphatic heterocycles. The molecule has 0 unspecified atom stereocenters. The van der Waals surface area contributed by atoms with Gasteiger partial charge < -0.3 is 9.47 Å². The summed E-state index contributed by atoms with van der Waals surface area (Å²) in [4.78, 5) is 0.